The van der Waals surface area contributed by atoms with E-state index in [1.54, 1.807) is 7.11 Å². The van der Waals surface area contributed by atoms with Gasteiger partial charge in [-0.15, -0.1) is 0 Å². The van der Waals surface area contributed by atoms with E-state index in [0.717, 1.165) is 34.3 Å². The molecule has 5 heteroatoms. The van der Waals surface area contributed by atoms with E-state index in [9.17, 15) is 5.11 Å². The summed E-state index contributed by atoms with van der Waals surface area (Å²) < 4.78 is 12.4. The Labute approximate surface area is 161 Å². The van der Waals surface area contributed by atoms with Crippen LogP contribution in [0.3, 0.4) is 0 Å². The maximum absolute atomic E-state index is 10.2. The van der Waals surface area contributed by atoms with Gasteiger partial charge in [-0.05, 0) is 66.1 Å². The predicted molar refractivity (Wildman–Crippen MR) is 106 cm³/mol. The summed E-state index contributed by atoms with van der Waals surface area (Å²) in [5.41, 5.74) is 4.79. The number of halogens is 1. The first kappa shape index (κ1) is 17.0. The highest BCUT2D eigenvalue weighted by molar-refractivity contribution is 14.1. The molecule has 25 heavy (non-hydrogen) atoms. The van der Waals surface area contributed by atoms with Gasteiger partial charge in [-0.3, -0.25) is 0 Å². The number of ether oxygens (including phenoxy) is 2. The van der Waals surface area contributed by atoms with Crippen LogP contribution in [-0.2, 0) is 4.74 Å². The van der Waals surface area contributed by atoms with E-state index < -0.39 is 0 Å². The molecule has 0 aliphatic carbocycles. The number of anilines is 1. The molecule has 0 bridgehead atoms. The lowest BCUT2D eigenvalue weighted by molar-refractivity contribution is -0.0381. The minimum atomic E-state index is 0.118. The Morgan fingerprint density at radius 1 is 1.28 bits per heavy atom. The zero-order chi connectivity index (χ0) is 17.6. The average Bonchev–Trinajstić information content (AvgIpc) is 2.63. The van der Waals surface area contributed by atoms with Gasteiger partial charge in [0.2, 0.25) is 0 Å². The standard InChI is InChI=1S/C20H22INO3/c1-11-5-6-16-14(8-11)20-13(4-3-7-25-20)18(22-16)12-9-15(21)19(23)17(10-12)24-2/h5-6,8-10,13,18,20,22-23H,3-4,7H2,1-2H3. The first-order chi connectivity index (χ1) is 12.1. The molecule has 2 N–H and O–H groups in total. The largest absolute Gasteiger partial charge is 0.504 e. The third-order valence-corrected chi connectivity index (χ3v) is 6.07. The lowest BCUT2D eigenvalue weighted by Crippen LogP contribution is -2.36. The van der Waals surface area contributed by atoms with Gasteiger partial charge in [0.05, 0.1) is 22.8 Å². The number of hydrogen-bond acceptors (Lipinski definition) is 4. The number of benzene rings is 2. The molecular formula is C20H22INO3. The number of phenols is 1. The van der Waals surface area contributed by atoms with E-state index in [0.29, 0.717) is 11.7 Å². The molecule has 2 aromatic carbocycles. The fraction of sp³-hybridized carbons (Fsp3) is 0.400. The zero-order valence-electron chi connectivity index (χ0n) is 14.4. The van der Waals surface area contributed by atoms with Crippen LogP contribution >= 0.6 is 22.6 Å². The van der Waals surface area contributed by atoms with Gasteiger partial charge in [-0.1, -0.05) is 17.7 Å². The Balaban J connectivity index is 1.80. The van der Waals surface area contributed by atoms with Crippen molar-refractivity contribution >= 4 is 28.3 Å². The van der Waals surface area contributed by atoms with E-state index in [2.05, 4.69) is 53.0 Å². The second-order valence-electron chi connectivity index (χ2n) is 6.86. The van der Waals surface area contributed by atoms with Crippen molar-refractivity contribution in [3.8, 4) is 11.5 Å². The molecule has 3 unspecified atom stereocenters. The van der Waals surface area contributed by atoms with Crippen molar-refractivity contribution in [1.82, 2.24) is 0 Å². The minimum absolute atomic E-state index is 0.118. The van der Waals surface area contributed by atoms with Gasteiger partial charge in [-0.25, -0.2) is 0 Å². The minimum Gasteiger partial charge on any atom is -0.504 e. The lowest BCUT2D eigenvalue weighted by Gasteiger charge is -2.43. The van der Waals surface area contributed by atoms with Crippen LogP contribution in [0, 0.1) is 16.4 Å². The molecule has 3 atom stereocenters. The summed E-state index contributed by atoms with van der Waals surface area (Å²) >= 11 is 2.16. The third-order valence-electron chi connectivity index (χ3n) is 5.25. The smallest absolute Gasteiger partial charge is 0.171 e. The van der Waals surface area contributed by atoms with Gasteiger partial charge in [0, 0.05) is 23.8 Å². The summed E-state index contributed by atoms with van der Waals surface area (Å²) in [5.74, 6) is 1.09. The average molecular weight is 451 g/mol. The van der Waals surface area contributed by atoms with Crippen molar-refractivity contribution in [1.29, 1.82) is 0 Å². The van der Waals surface area contributed by atoms with Crippen LogP contribution in [0.1, 0.15) is 41.7 Å². The van der Waals surface area contributed by atoms with Gasteiger partial charge in [-0.2, -0.15) is 0 Å². The number of phenolic OH excluding ortho intramolecular Hbond substituents is 1. The van der Waals surface area contributed by atoms with Crippen molar-refractivity contribution in [2.24, 2.45) is 5.92 Å². The third kappa shape index (κ3) is 2.97. The second-order valence-corrected chi connectivity index (χ2v) is 8.03. The molecule has 2 aromatic rings. The predicted octanol–water partition coefficient (Wildman–Crippen LogP) is 4.95. The Hall–Kier alpha value is -1.47. The van der Waals surface area contributed by atoms with E-state index in [4.69, 9.17) is 9.47 Å². The molecule has 2 aliphatic heterocycles. The Morgan fingerprint density at radius 3 is 2.92 bits per heavy atom. The molecular weight excluding hydrogens is 429 g/mol. The molecule has 0 radical (unpaired) electrons. The number of nitrogens with one attached hydrogen (secondary N) is 1. The summed E-state index contributed by atoms with van der Waals surface area (Å²) in [6.07, 6.45) is 2.31. The van der Waals surface area contributed by atoms with Crippen molar-refractivity contribution in [3.05, 3.63) is 50.6 Å². The number of aromatic hydroxyl groups is 1. The van der Waals surface area contributed by atoms with E-state index >= 15 is 0 Å². The van der Waals surface area contributed by atoms with E-state index in [-0.39, 0.29) is 17.9 Å². The molecule has 1 fully saturated rings. The fourth-order valence-corrected chi connectivity index (χ4v) is 4.67. The summed E-state index contributed by atoms with van der Waals surface area (Å²) in [7, 11) is 1.59. The topological polar surface area (TPSA) is 50.7 Å². The fourth-order valence-electron chi connectivity index (χ4n) is 4.05. The van der Waals surface area contributed by atoms with Crippen molar-refractivity contribution < 1.29 is 14.6 Å². The van der Waals surface area contributed by atoms with Gasteiger partial charge in [0.15, 0.2) is 11.5 Å². The van der Waals surface area contributed by atoms with Gasteiger partial charge >= 0.3 is 0 Å². The molecule has 132 valence electrons. The molecule has 4 rings (SSSR count). The molecule has 2 heterocycles. The van der Waals surface area contributed by atoms with Gasteiger partial charge < -0.3 is 19.9 Å². The van der Waals surface area contributed by atoms with Crippen LogP contribution in [0.4, 0.5) is 5.69 Å². The van der Waals surface area contributed by atoms with E-state index in [1.165, 1.54) is 11.1 Å². The monoisotopic (exact) mass is 451 g/mol. The first-order valence-electron chi connectivity index (χ1n) is 8.63. The van der Waals surface area contributed by atoms with Crippen LogP contribution in [-0.4, -0.2) is 18.8 Å². The first-order valence-corrected chi connectivity index (χ1v) is 9.71. The zero-order valence-corrected chi connectivity index (χ0v) is 16.5. The Kier molecular flexibility index (Phi) is 4.54. The SMILES string of the molecule is COc1cc(C2Nc3ccc(C)cc3C3OCCCC23)cc(I)c1O. The van der Waals surface area contributed by atoms with Crippen LogP contribution in [0.5, 0.6) is 11.5 Å². The molecule has 0 saturated carbocycles. The maximum Gasteiger partial charge on any atom is 0.171 e. The van der Waals surface area contributed by atoms with Crippen molar-refractivity contribution in [2.45, 2.75) is 31.9 Å². The molecule has 0 spiro atoms. The molecule has 2 aliphatic rings. The highest BCUT2D eigenvalue weighted by atomic mass is 127. The van der Waals surface area contributed by atoms with Crippen molar-refractivity contribution in [2.75, 3.05) is 19.0 Å². The summed E-state index contributed by atoms with van der Waals surface area (Å²) in [5, 5.41) is 13.9. The van der Waals surface area contributed by atoms with Crippen LogP contribution in [0.2, 0.25) is 0 Å². The molecule has 0 aromatic heterocycles. The Morgan fingerprint density at radius 2 is 2.12 bits per heavy atom. The van der Waals surface area contributed by atoms with Crippen LogP contribution < -0.4 is 10.1 Å². The number of fused-ring (bicyclic) bond motifs is 3. The molecule has 0 amide bonds. The van der Waals surface area contributed by atoms with E-state index in [1.807, 2.05) is 12.1 Å². The number of hydrogen-bond donors (Lipinski definition) is 2. The molecule has 4 nitrogen and oxygen atoms in total. The number of methoxy groups -OCH3 is 1. The van der Waals surface area contributed by atoms with Gasteiger partial charge in [0.25, 0.3) is 0 Å². The second kappa shape index (κ2) is 6.68. The summed E-state index contributed by atoms with van der Waals surface area (Å²) in [6, 6.07) is 10.6. The van der Waals surface area contributed by atoms with Crippen molar-refractivity contribution in [3.63, 3.8) is 0 Å². The highest BCUT2D eigenvalue weighted by Crippen LogP contribution is 2.50. The molecule has 1 saturated heterocycles. The number of aryl methyl sites for hydroxylation is 1. The van der Waals surface area contributed by atoms with Gasteiger partial charge in [0.1, 0.15) is 0 Å². The number of rotatable bonds is 2. The lowest BCUT2D eigenvalue weighted by atomic mass is 9.77. The quantitative estimate of drug-likeness (QED) is 0.635. The van der Waals surface area contributed by atoms with Crippen LogP contribution in [0.25, 0.3) is 0 Å². The maximum atomic E-state index is 10.2. The normalized spacial score (nSPS) is 24.8. The Bertz CT molecular complexity index is 808. The van der Waals surface area contributed by atoms with Crippen LogP contribution in [0.15, 0.2) is 30.3 Å². The highest BCUT2D eigenvalue weighted by Gasteiger charge is 2.40. The summed E-state index contributed by atoms with van der Waals surface area (Å²) in [4.78, 5) is 0. The summed E-state index contributed by atoms with van der Waals surface area (Å²) in [6.45, 7) is 2.94.